The lowest BCUT2D eigenvalue weighted by atomic mass is 10.1. The second-order valence-corrected chi connectivity index (χ2v) is 4.67. The van der Waals surface area contributed by atoms with Crippen LogP contribution in [0, 0.1) is 5.82 Å². The van der Waals surface area contributed by atoms with E-state index in [4.69, 9.17) is 4.74 Å². The van der Waals surface area contributed by atoms with E-state index in [2.05, 4.69) is 15.9 Å². The summed E-state index contributed by atoms with van der Waals surface area (Å²) in [7, 11) is 0. The number of benzene rings is 1. The van der Waals surface area contributed by atoms with Crippen molar-refractivity contribution >= 4 is 15.9 Å². The van der Waals surface area contributed by atoms with Crippen LogP contribution < -0.4 is 0 Å². The summed E-state index contributed by atoms with van der Waals surface area (Å²) in [5.41, 5.74) is 0.760. The largest absolute Gasteiger partial charge is 0.382 e. The molecule has 1 unspecified atom stereocenters. The second kappa shape index (κ2) is 6.96. The molecule has 0 saturated carbocycles. The SMILES string of the molecule is CCOCCC(Br)Cc1ccccc1F. The zero-order chi connectivity index (χ0) is 11.1. The van der Waals surface area contributed by atoms with Crippen LogP contribution in [-0.4, -0.2) is 18.0 Å². The van der Waals surface area contributed by atoms with Gasteiger partial charge < -0.3 is 4.74 Å². The summed E-state index contributed by atoms with van der Waals surface area (Å²) >= 11 is 3.53. The van der Waals surface area contributed by atoms with Crippen molar-refractivity contribution in [2.24, 2.45) is 0 Å². The third kappa shape index (κ3) is 4.76. The lowest BCUT2D eigenvalue weighted by Crippen LogP contribution is -2.08. The normalized spacial score (nSPS) is 12.7. The summed E-state index contributed by atoms with van der Waals surface area (Å²) in [4.78, 5) is 0.279. The zero-order valence-corrected chi connectivity index (χ0v) is 10.5. The minimum atomic E-state index is -0.127. The van der Waals surface area contributed by atoms with E-state index in [-0.39, 0.29) is 10.6 Å². The first-order valence-electron chi connectivity index (χ1n) is 5.19. The standard InChI is InChI=1S/C12H16BrFO/c1-2-15-8-7-11(13)9-10-5-3-4-6-12(10)14/h3-6,11H,2,7-9H2,1H3. The molecule has 0 aliphatic carbocycles. The fourth-order valence-corrected chi connectivity index (χ4v) is 1.90. The number of hydrogen-bond donors (Lipinski definition) is 0. The van der Waals surface area contributed by atoms with Crippen molar-refractivity contribution in [2.75, 3.05) is 13.2 Å². The van der Waals surface area contributed by atoms with Crippen LogP contribution in [0.3, 0.4) is 0 Å². The van der Waals surface area contributed by atoms with E-state index in [0.717, 1.165) is 25.2 Å². The minimum absolute atomic E-state index is 0.127. The highest BCUT2D eigenvalue weighted by Gasteiger charge is 2.08. The monoisotopic (exact) mass is 274 g/mol. The number of halogens is 2. The van der Waals surface area contributed by atoms with Gasteiger partial charge in [0.1, 0.15) is 5.82 Å². The van der Waals surface area contributed by atoms with Crippen LogP contribution in [0.15, 0.2) is 24.3 Å². The van der Waals surface area contributed by atoms with Gasteiger partial charge in [0.15, 0.2) is 0 Å². The molecule has 0 fully saturated rings. The maximum absolute atomic E-state index is 13.3. The summed E-state index contributed by atoms with van der Waals surface area (Å²) in [6.07, 6.45) is 1.61. The predicted octanol–water partition coefficient (Wildman–Crippen LogP) is 3.56. The van der Waals surface area contributed by atoms with E-state index in [1.165, 1.54) is 6.07 Å². The smallest absolute Gasteiger partial charge is 0.126 e. The molecule has 0 N–H and O–H groups in total. The van der Waals surface area contributed by atoms with Gasteiger partial charge in [0.2, 0.25) is 0 Å². The topological polar surface area (TPSA) is 9.23 Å². The van der Waals surface area contributed by atoms with Crippen molar-refractivity contribution in [3.63, 3.8) is 0 Å². The molecule has 1 rings (SSSR count). The average molecular weight is 275 g/mol. The highest BCUT2D eigenvalue weighted by Crippen LogP contribution is 2.16. The van der Waals surface area contributed by atoms with Gasteiger partial charge in [-0.05, 0) is 31.4 Å². The molecular weight excluding hydrogens is 259 g/mol. The molecule has 1 aromatic carbocycles. The van der Waals surface area contributed by atoms with Crippen LogP contribution in [-0.2, 0) is 11.2 Å². The molecule has 1 atom stereocenters. The summed E-state index contributed by atoms with van der Waals surface area (Å²) in [6, 6.07) is 6.89. The van der Waals surface area contributed by atoms with Crippen molar-refractivity contribution in [2.45, 2.75) is 24.6 Å². The van der Waals surface area contributed by atoms with Gasteiger partial charge in [-0.15, -0.1) is 0 Å². The molecule has 0 saturated heterocycles. The van der Waals surface area contributed by atoms with Gasteiger partial charge in [0.05, 0.1) is 0 Å². The maximum Gasteiger partial charge on any atom is 0.126 e. The fourth-order valence-electron chi connectivity index (χ4n) is 1.36. The lowest BCUT2D eigenvalue weighted by molar-refractivity contribution is 0.145. The second-order valence-electron chi connectivity index (χ2n) is 3.38. The molecule has 0 bridgehead atoms. The number of alkyl halides is 1. The molecule has 0 spiro atoms. The van der Waals surface area contributed by atoms with Crippen molar-refractivity contribution in [1.82, 2.24) is 0 Å². The molecule has 0 radical (unpaired) electrons. The Morgan fingerprint density at radius 3 is 2.80 bits per heavy atom. The van der Waals surface area contributed by atoms with E-state index < -0.39 is 0 Å². The van der Waals surface area contributed by atoms with E-state index >= 15 is 0 Å². The predicted molar refractivity (Wildman–Crippen MR) is 63.9 cm³/mol. The van der Waals surface area contributed by atoms with Crippen LogP contribution in [0.1, 0.15) is 18.9 Å². The van der Waals surface area contributed by atoms with E-state index in [1.807, 2.05) is 19.1 Å². The molecule has 3 heteroatoms. The van der Waals surface area contributed by atoms with Crippen LogP contribution in [0.5, 0.6) is 0 Å². The van der Waals surface area contributed by atoms with Crippen molar-refractivity contribution in [3.8, 4) is 0 Å². The maximum atomic E-state index is 13.3. The summed E-state index contributed by atoms with van der Waals surface area (Å²) in [6.45, 7) is 3.43. The van der Waals surface area contributed by atoms with Crippen LogP contribution in [0.25, 0.3) is 0 Å². The van der Waals surface area contributed by atoms with Gasteiger partial charge in [-0.25, -0.2) is 4.39 Å². The van der Waals surface area contributed by atoms with Crippen LogP contribution >= 0.6 is 15.9 Å². The number of rotatable bonds is 6. The molecule has 0 aliphatic rings. The molecule has 0 heterocycles. The quantitative estimate of drug-likeness (QED) is 0.569. The molecular formula is C12H16BrFO. The molecule has 0 aliphatic heterocycles. The Morgan fingerprint density at radius 2 is 2.13 bits per heavy atom. The summed E-state index contributed by atoms with van der Waals surface area (Å²) in [5, 5.41) is 0. The first-order chi connectivity index (χ1) is 7.24. The molecule has 1 aromatic rings. The Balaban J connectivity index is 2.37. The summed E-state index contributed by atoms with van der Waals surface area (Å²) in [5.74, 6) is -0.127. The molecule has 15 heavy (non-hydrogen) atoms. The molecule has 0 aromatic heterocycles. The van der Waals surface area contributed by atoms with Crippen LogP contribution in [0.4, 0.5) is 4.39 Å². The highest BCUT2D eigenvalue weighted by molar-refractivity contribution is 9.09. The van der Waals surface area contributed by atoms with Gasteiger partial charge in [-0.3, -0.25) is 0 Å². The highest BCUT2D eigenvalue weighted by atomic mass is 79.9. The van der Waals surface area contributed by atoms with E-state index in [0.29, 0.717) is 6.42 Å². The Hall–Kier alpha value is -0.410. The van der Waals surface area contributed by atoms with Crippen molar-refractivity contribution in [3.05, 3.63) is 35.6 Å². The Morgan fingerprint density at radius 1 is 1.40 bits per heavy atom. The average Bonchev–Trinajstić information content (AvgIpc) is 2.22. The zero-order valence-electron chi connectivity index (χ0n) is 8.88. The van der Waals surface area contributed by atoms with Gasteiger partial charge in [-0.1, -0.05) is 34.1 Å². The Bertz CT molecular complexity index is 291. The molecule has 0 amide bonds. The number of hydrogen-bond acceptors (Lipinski definition) is 1. The van der Waals surface area contributed by atoms with Gasteiger partial charge in [0, 0.05) is 18.0 Å². The van der Waals surface area contributed by atoms with Crippen molar-refractivity contribution < 1.29 is 9.13 Å². The van der Waals surface area contributed by atoms with Crippen LogP contribution in [0.2, 0.25) is 0 Å². The van der Waals surface area contributed by atoms with E-state index in [1.54, 1.807) is 6.07 Å². The van der Waals surface area contributed by atoms with Gasteiger partial charge >= 0.3 is 0 Å². The van der Waals surface area contributed by atoms with E-state index in [9.17, 15) is 4.39 Å². The Kier molecular flexibility index (Phi) is 5.88. The lowest BCUT2D eigenvalue weighted by Gasteiger charge is -2.10. The molecule has 1 nitrogen and oxygen atoms in total. The number of ether oxygens (including phenoxy) is 1. The molecule has 84 valence electrons. The first-order valence-corrected chi connectivity index (χ1v) is 6.10. The minimum Gasteiger partial charge on any atom is -0.382 e. The van der Waals surface area contributed by atoms with Gasteiger partial charge in [0.25, 0.3) is 0 Å². The first kappa shape index (κ1) is 12.7. The third-order valence-electron chi connectivity index (χ3n) is 2.18. The third-order valence-corrected chi connectivity index (χ3v) is 2.96. The van der Waals surface area contributed by atoms with Gasteiger partial charge in [-0.2, -0.15) is 0 Å². The summed E-state index contributed by atoms with van der Waals surface area (Å²) < 4.78 is 18.5. The fraction of sp³-hybridized carbons (Fsp3) is 0.500. The Labute approximate surface area is 98.8 Å². The van der Waals surface area contributed by atoms with Crippen molar-refractivity contribution in [1.29, 1.82) is 0 Å².